The number of aromatic amines is 1. The van der Waals surface area contributed by atoms with Crippen LogP contribution in [0.4, 0.5) is 0 Å². The number of fused-ring (bicyclic) bond motifs is 1. The van der Waals surface area contributed by atoms with E-state index in [1.807, 2.05) is 0 Å². The highest BCUT2D eigenvalue weighted by Gasteiger charge is 2.18. The monoisotopic (exact) mass is 290 g/mol. The van der Waals surface area contributed by atoms with Gasteiger partial charge in [-0.3, -0.25) is 14.5 Å². The number of hydrogen-bond acceptors (Lipinski definition) is 4. The molecule has 3 rings (SSSR count). The molecule has 2 N–H and O–H groups in total. The predicted octanol–water partition coefficient (Wildman–Crippen LogP) is 1.99. The zero-order chi connectivity index (χ0) is 14.4. The Balaban J connectivity index is 2.45. The summed E-state index contributed by atoms with van der Waals surface area (Å²) in [6.45, 7) is 1.72. The van der Waals surface area contributed by atoms with E-state index in [2.05, 4.69) is 15.1 Å². The van der Waals surface area contributed by atoms with Crippen LogP contribution in [0.3, 0.4) is 0 Å². The van der Waals surface area contributed by atoms with E-state index in [1.165, 1.54) is 12.4 Å². The maximum atomic E-state index is 12.3. The number of aromatic hydroxyl groups is 1. The van der Waals surface area contributed by atoms with Crippen LogP contribution >= 0.6 is 11.6 Å². The molecule has 0 saturated heterocycles. The van der Waals surface area contributed by atoms with Crippen LogP contribution in [0, 0.1) is 6.92 Å². The first-order valence-electron chi connectivity index (χ1n) is 5.89. The van der Waals surface area contributed by atoms with E-state index in [4.69, 9.17) is 11.6 Å². The van der Waals surface area contributed by atoms with Crippen molar-refractivity contribution in [3.8, 4) is 17.0 Å². The highest BCUT2D eigenvalue weighted by Crippen LogP contribution is 2.31. The van der Waals surface area contributed by atoms with E-state index in [1.54, 1.807) is 24.7 Å². The molecular weight excluding hydrogens is 280 g/mol. The average Bonchev–Trinajstić information content (AvgIpc) is 2.69. The Morgan fingerprint density at radius 1 is 1.45 bits per heavy atom. The zero-order valence-corrected chi connectivity index (χ0v) is 11.6. The molecule has 0 saturated carbocycles. The number of H-pyrrole nitrogens is 1. The summed E-state index contributed by atoms with van der Waals surface area (Å²) in [7, 11) is 1.72. The lowest BCUT2D eigenvalue weighted by Crippen LogP contribution is -2.06. The summed E-state index contributed by atoms with van der Waals surface area (Å²) in [6, 6.07) is 1.63. The van der Waals surface area contributed by atoms with E-state index in [-0.39, 0.29) is 11.4 Å². The van der Waals surface area contributed by atoms with Gasteiger partial charge in [-0.05, 0) is 13.0 Å². The number of nitrogens with zero attached hydrogens (tertiary/aromatic N) is 3. The van der Waals surface area contributed by atoms with Crippen molar-refractivity contribution >= 4 is 22.6 Å². The van der Waals surface area contributed by atoms with Gasteiger partial charge in [0.1, 0.15) is 5.65 Å². The maximum absolute atomic E-state index is 12.3. The van der Waals surface area contributed by atoms with E-state index in [0.717, 1.165) is 0 Å². The van der Waals surface area contributed by atoms with Gasteiger partial charge in [0.15, 0.2) is 5.75 Å². The largest absolute Gasteiger partial charge is 0.503 e. The van der Waals surface area contributed by atoms with E-state index < -0.39 is 5.43 Å². The van der Waals surface area contributed by atoms with Crippen molar-refractivity contribution in [2.75, 3.05) is 0 Å². The van der Waals surface area contributed by atoms with Gasteiger partial charge in [0, 0.05) is 25.0 Å². The summed E-state index contributed by atoms with van der Waals surface area (Å²) in [5.74, 6) is -0.373. The van der Waals surface area contributed by atoms with Crippen molar-refractivity contribution in [1.29, 1.82) is 0 Å². The standard InChI is InChI=1S/C13H11ClN4O2/c1-6-9-11(19)12(20)10(16-13(9)18(2)17-6)7-3-4-15-5-8(7)14/h3-5,20H,1-2H3,(H,16,19). The lowest BCUT2D eigenvalue weighted by molar-refractivity contribution is 0.471. The SMILES string of the molecule is Cc1nn(C)c2[nH]c(-c3ccncc3Cl)c(O)c(=O)c12. The minimum Gasteiger partial charge on any atom is -0.503 e. The molecule has 0 amide bonds. The first kappa shape index (κ1) is 12.7. The number of aryl methyl sites for hydroxylation is 2. The summed E-state index contributed by atoms with van der Waals surface area (Å²) in [4.78, 5) is 19.2. The Kier molecular flexibility index (Phi) is 2.76. The molecule has 0 fully saturated rings. The number of aromatic nitrogens is 4. The molecule has 20 heavy (non-hydrogen) atoms. The number of rotatable bonds is 1. The highest BCUT2D eigenvalue weighted by atomic mass is 35.5. The van der Waals surface area contributed by atoms with Crippen molar-refractivity contribution in [2.45, 2.75) is 6.92 Å². The van der Waals surface area contributed by atoms with Crippen molar-refractivity contribution in [2.24, 2.45) is 7.05 Å². The van der Waals surface area contributed by atoms with Gasteiger partial charge in [0.05, 0.1) is 21.8 Å². The van der Waals surface area contributed by atoms with Crippen LogP contribution < -0.4 is 5.43 Å². The first-order chi connectivity index (χ1) is 9.50. The second kappa shape index (κ2) is 4.35. The Labute approximate surface area is 118 Å². The fourth-order valence-corrected chi connectivity index (χ4v) is 2.47. The van der Waals surface area contributed by atoms with Gasteiger partial charge in [-0.25, -0.2) is 0 Å². The summed E-state index contributed by atoms with van der Waals surface area (Å²) < 4.78 is 1.56. The van der Waals surface area contributed by atoms with Crippen LogP contribution in [0.5, 0.6) is 5.75 Å². The molecule has 6 nitrogen and oxygen atoms in total. The van der Waals surface area contributed by atoms with Gasteiger partial charge in [0.2, 0.25) is 5.43 Å². The van der Waals surface area contributed by atoms with Gasteiger partial charge in [-0.1, -0.05) is 11.6 Å². The molecule has 0 unspecified atom stereocenters. The lowest BCUT2D eigenvalue weighted by Gasteiger charge is -2.07. The van der Waals surface area contributed by atoms with Crippen LogP contribution in [-0.4, -0.2) is 24.9 Å². The first-order valence-corrected chi connectivity index (χ1v) is 6.27. The molecule has 0 spiro atoms. The van der Waals surface area contributed by atoms with Gasteiger partial charge in [-0.15, -0.1) is 0 Å². The van der Waals surface area contributed by atoms with Crippen molar-refractivity contribution < 1.29 is 5.11 Å². The topological polar surface area (TPSA) is 83.8 Å². The Hall–Kier alpha value is -2.34. The third-order valence-electron chi connectivity index (χ3n) is 3.19. The minimum atomic E-state index is -0.466. The van der Waals surface area contributed by atoms with Crippen LogP contribution in [0.25, 0.3) is 22.3 Å². The zero-order valence-electron chi connectivity index (χ0n) is 10.8. The third-order valence-corrected chi connectivity index (χ3v) is 3.49. The molecule has 0 aliphatic carbocycles. The molecule has 3 aromatic rings. The van der Waals surface area contributed by atoms with E-state index in [0.29, 0.717) is 27.3 Å². The Morgan fingerprint density at radius 2 is 2.20 bits per heavy atom. The Bertz CT molecular complexity index is 882. The smallest absolute Gasteiger partial charge is 0.235 e. The number of pyridine rings is 2. The molecule has 7 heteroatoms. The minimum absolute atomic E-state index is 0.262. The Morgan fingerprint density at radius 3 is 2.90 bits per heavy atom. The molecule has 0 aromatic carbocycles. The van der Waals surface area contributed by atoms with Crippen LogP contribution in [0.2, 0.25) is 5.02 Å². The van der Waals surface area contributed by atoms with E-state index >= 15 is 0 Å². The molecule has 102 valence electrons. The third kappa shape index (κ3) is 1.69. The highest BCUT2D eigenvalue weighted by molar-refractivity contribution is 6.33. The fraction of sp³-hybridized carbons (Fsp3) is 0.154. The van der Waals surface area contributed by atoms with Crippen molar-refractivity contribution in [1.82, 2.24) is 19.7 Å². The number of hydrogen-bond donors (Lipinski definition) is 2. The lowest BCUT2D eigenvalue weighted by atomic mass is 10.1. The van der Waals surface area contributed by atoms with Gasteiger partial charge < -0.3 is 10.1 Å². The quantitative estimate of drug-likeness (QED) is 0.718. The number of nitrogens with one attached hydrogen (secondary N) is 1. The van der Waals surface area contributed by atoms with Crippen LogP contribution in [-0.2, 0) is 7.05 Å². The molecule has 0 radical (unpaired) electrons. The normalized spacial score (nSPS) is 11.2. The second-order valence-corrected chi connectivity index (χ2v) is 4.87. The molecule has 3 aromatic heterocycles. The van der Waals surface area contributed by atoms with Crippen LogP contribution in [0.15, 0.2) is 23.3 Å². The second-order valence-electron chi connectivity index (χ2n) is 4.47. The van der Waals surface area contributed by atoms with Crippen LogP contribution in [0.1, 0.15) is 5.69 Å². The molecule has 0 bridgehead atoms. The van der Waals surface area contributed by atoms with Gasteiger partial charge >= 0.3 is 0 Å². The summed E-state index contributed by atoms with van der Waals surface area (Å²) >= 11 is 6.06. The summed E-state index contributed by atoms with van der Waals surface area (Å²) in [5.41, 5.74) is 1.40. The number of halogens is 1. The summed E-state index contributed by atoms with van der Waals surface area (Å²) in [6.07, 6.45) is 2.99. The maximum Gasteiger partial charge on any atom is 0.235 e. The average molecular weight is 291 g/mol. The molecule has 0 aliphatic rings. The molecule has 3 heterocycles. The molecular formula is C13H11ClN4O2. The van der Waals surface area contributed by atoms with Crippen molar-refractivity contribution in [3.05, 3.63) is 39.4 Å². The molecule has 0 atom stereocenters. The van der Waals surface area contributed by atoms with Crippen molar-refractivity contribution in [3.63, 3.8) is 0 Å². The van der Waals surface area contributed by atoms with E-state index in [9.17, 15) is 9.90 Å². The fourth-order valence-electron chi connectivity index (χ4n) is 2.26. The van der Waals surface area contributed by atoms with Gasteiger partial charge in [-0.2, -0.15) is 5.10 Å². The molecule has 0 aliphatic heterocycles. The van der Waals surface area contributed by atoms with Gasteiger partial charge in [0.25, 0.3) is 0 Å². The predicted molar refractivity (Wildman–Crippen MR) is 76.0 cm³/mol. The summed E-state index contributed by atoms with van der Waals surface area (Å²) in [5, 5.41) is 15.0.